The van der Waals surface area contributed by atoms with Crippen LogP contribution < -0.4 is 21.4 Å². The fraction of sp³-hybridized carbons (Fsp3) is 0.250. The van der Waals surface area contributed by atoms with E-state index in [9.17, 15) is 0 Å². The second-order valence-electron chi connectivity index (χ2n) is 2.40. The van der Waals surface area contributed by atoms with Gasteiger partial charge >= 0.3 is 0 Å². The summed E-state index contributed by atoms with van der Waals surface area (Å²) in [6.45, 7) is 1.23. The van der Waals surface area contributed by atoms with Gasteiger partial charge in [0.2, 0.25) is 0 Å². The zero-order valence-corrected chi connectivity index (χ0v) is 6.75. The molecule has 1 aromatic carbocycles. The van der Waals surface area contributed by atoms with Crippen molar-refractivity contribution in [3.8, 4) is 11.5 Å². The van der Waals surface area contributed by atoms with Gasteiger partial charge in [-0.1, -0.05) is 0 Å². The molecule has 4 heteroatoms. The third-order valence-electron chi connectivity index (χ3n) is 1.57. The van der Waals surface area contributed by atoms with Gasteiger partial charge in [-0.15, -0.1) is 0 Å². The van der Waals surface area contributed by atoms with Crippen molar-refractivity contribution in [1.82, 2.24) is 6.15 Å². The Morgan fingerprint density at radius 3 is 2.50 bits per heavy atom. The first-order chi connectivity index (χ1) is 5.36. The third kappa shape index (κ3) is 1.43. The lowest BCUT2D eigenvalue weighted by Crippen LogP contribution is -2.15. The minimum atomic E-state index is 0. The van der Waals surface area contributed by atoms with Gasteiger partial charge in [0.25, 0.3) is 0 Å². The maximum absolute atomic E-state index is 5.55. The lowest BCUT2D eigenvalue weighted by molar-refractivity contribution is 0.171. The number of benzene rings is 1. The molecule has 0 amide bonds. The van der Waals surface area contributed by atoms with Crippen molar-refractivity contribution in [3.63, 3.8) is 0 Å². The number of rotatable bonds is 0. The van der Waals surface area contributed by atoms with Crippen LogP contribution in [0.1, 0.15) is 0 Å². The van der Waals surface area contributed by atoms with E-state index >= 15 is 0 Å². The van der Waals surface area contributed by atoms with E-state index in [2.05, 4.69) is 0 Å². The van der Waals surface area contributed by atoms with Crippen LogP contribution in [0.15, 0.2) is 18.2 Å². The highest BCUT2D eigenvalue weighted by atomic mass is 16.6. The molecule has 1 heterocycles. The predicted octanol–water partition coefficient (Wildman–Crippen LogP) is 1.20. The minimum absolute atomic E-state index is 0. The molecule has 0 unspecified atom stereocenters. The smallest absolute Gasteiger partial charge is 0.163 e. The maximum Gasteiger partial charge on any atom is 0.163 e. The molecule has 1 aromatic rings. The van der Waals surface area contributed by atoms with Crippen LogP contribution in [-0.2, 0) is 0 Å². The average molecular weight is 168 g/mol. The van der Waals surface area contributed by atoms with Gasteiger partial charge in [0, 0.05) is 11.8 Å². The van der Waals surface area contributed by atoms with Crippen LogP contribution >= 0.6 is 0 Å². The molecule has 5 N–H and O–H groups in total. The van der Waals surface area contributed by atoms with E-state index in [1.165, 1.54) is 0 Å². The Labute approximate surface area is 70.9 Å². The first-order valence-corrected chi connectivity index (χ1v) is 3.51. The largest absolute Gasteiger partial charge is 0.486 e. The highest BCUT2D eigenvalue weighted by molar-refractivity contribution is 5.52. The number of hydrogen-bond acceptors (Lipinski definition) is 4. The summed E-state index contributed by atoms with van der Waals surface area (Å²) in [7, 11) is 0. The summed E-state index contributed by atoms with van der Waals surface area (Å²) in [5.41, 5.74) is 6.25. The predicted molar refractivity (Wildman–Crippen MR) is 46.9 cm³/mol. The number of anilines is 1. The summed E-state index contributed by atoms with van der Waals surface area (Å²) in [5.74, 6) is 1.53. The van der Waals surface area contributed by atoms with Crippen LogP contribution in [0, 0.1) is 0 Å². The van der Waals surface area contributed by atoms with Crippen molar-refractivity contribution in [2.45, 2.75) is 0 Å². The van der Waals surface area contributed by atoms with Crippen molar-refractivity contribution >= 4 is 5.69 Å². The molecular formula is C8H12N2O2. The normalized spacial score (nSPS) is 13.3. The zero-order chi connectivity index (χ0) is 7.68. The van der Waals surface area contributed by atoms with Crippen molar-refractivity contribution in [2.24, 2.45) is 0 Å². The second-order valence-corrected chi connectivity index (χ2v) is 2.40. The topological polar surface area (TPSA) is 79.5 Å². The van der Waals surface area contributed by atoms with Crippen molar-refractivity contribution in [1.29, 1.82) is 0 Å². The molecule has 1 aliphatic rings. The van der Waals surface area contributed by atoms with Gasteiger partial charge in [0.15, 0.2) is 11.5 Å². The van der Waals surface area contributed by atoms with E-state index in [-0.39, 0.29) is 6.15 Å². The Balaban J connectivity index is 0.000000720. The summed E-state index contributed by atoms with van der Waals surface area (Å²) >= 11 is 0. The number of nitrogens with two attached hydrogens (primary N) is 1. The Hall–Kier alpha value is -1.42. The van der Waals surface area contributed by atoms with Crippen LogP contribution in [-0.4, -0.2) is 13.2 Å². The van der Waals surface area contributed by atoms with E-state index in [1.54, 1.807) is 12.1 Å². The van der Waals surface area contributed by atoms with Crippen LogP contribution in [0.4, 0.5) is 5.69 Å². The van der Waals surface area contributed by atoms with Crippen LogP contribution in [0.5, 0.6) is 11.5 Å². The van der Waals surface area contributed by atoms with Gasteiger partial charge in [-0.3, -0.25) is 0 Å². The van der Waals surface area contributed by atoms with Crippen molar-refractivity contribution in [2.75, 3.05) is 18.9 Å². The summed E-state index contributed by atoms with van der Waals surface area (Å²) in [6.07, 6.45) is 0. The molecule has 0 aromatic heterocycles. The lowest BCUT2D eigenvalue weighted by Gasteiger charge is -2.17. The molecule has 2 rings (SSSR count). The Kier molecular flexibility index (Phi) is 2.40. The second kappa shape index (κ2) is 3.32. The number of fused-ring (bicyclic) bond motifs is 1. The van der Waals surface area contributed by atoms with E-state index in [4.69, 9.17) is 15.2 Å². The SMILES string of the molecule is N.Nc1ccc2c(c1)OCCO2. The highest BCUT2D eigenvalue weighted by Crippen LogP contribution is 2.31. The molecule has 1 aliphatic heterocycles. The minimum Gasteiger partial charge on any atom is -0.486 e. The zero-order valence-electron chi connectivity index (χ0n) is 6.75. The van der Waals surface area contributed by atoms with E-state index in [0.717, 1.165) is 11.5 Å². The van der Waals surface area contributed by atoms with E-state index in [0.29, 0.717) is 18.9 Å². The maximum atomic E-state index is 5.55. The molecule has 0 atom stereocenters. The monoisotopic (exact) mass is 168 g/mol. The van der Waals surface area contributed by atoms with Gasteiger partial charge in [-0.2, -0.15) is 0 Å². The molecule has 66 valence electrons. The average Bonchev–Trinajstić information content (AvgIpc) is 2.04. The molecule has 0 saturated heterocycles. The number of ether oxygens (including phenoxy) is 2. The number of nitrogen functional groups attached to an aromatic ring is 1. The van der Waals surface area contributed by atoms with E-state index < -0.39 is 0 Å². The van der Waals surface area contributed by atoms with Crippen LogP contribution in [0.25, 0.3) is 0 Å². The first-order valence-electron chi connectivity index (χ1n) is 3.51. The molecule has 0 radical (unpaired) electrons. The summed E-state index contributed by atoms with van der Waals surface area (Å²) in [4.78, 5) is 0. The fourth-order valence-corrected chi connectivity index (χ4v) is 1.06. The molecule has 0 aliphatic carbocycles. The van der Waals surface area contributed by atoms with Crippen molar-refractivity contribution < 1.29 is 9.47 Å². The quantitative estimate of drug-likeness (QED) is 0.570. The highest BCUT2D eigenvalue weighted by Gasteiger charge is 2.09. The van der Waals surface area contributed by atoms with Gasteiger partial charge in [0.05, 0.1) is 0 Å². The standard InChI is InChI=1S/C8H9NO2.H3N/c9-6-1-2-7-8(5-6)11-4-3-10-7;/h1-2,5H,3-4,9H2;1H3. The van der Waals surface area contributed by atoms with Gasteiger partial charge in [-0.25, -0.2) is 0 Å². The molecule has 0 saturated carbocycles. The molecule has 0 bridgehead atoms. The van der Waals surface area contributed by atoms with Gasteiger partial charge in [0.1, 0.15) is 13.2 Å². The van der Waals surface area contributed by atoms with Gasteiger partial charge < -0.3 is 21.4 Å². The summed E-state index contributed by atoms with van der Waals surface area (Å²) in [5, 5.41) is 0. The van der Waals surface area contributed by atoms with Crippen LogP contribution in [0.2, 0.25) is 0 Å². The molecular weight excluding hydrogens is 156 g/mol. The Morgan fingerprint density at radius 2 is 1.75 bits per heavy atom. The lowest BCUT2D eigenvalue weighted by atomic mass is 10.3. The van der Waals surface area contributed by atoms with E-state index in [1.807, 2.05) is 6.07 Å². The number of hydrogen-bond donors (Lipinski definition) is 2. The summed E-state index contributed by atoms with van der Waals surface area (Å²) < 4.78 is 10.6. The Morgan fingerprint density at radius 1 is 1.08 bits per heavy atom. The third-order valence-corrected chi connectivity index (χ3v) is 1.57. The fourth-order valence-electron chi connectivity index (χ4n) is 1.06. The molecule has 0 spiro atoms. The van der Waals surface area contributed by atoms with Gasteiger partial charge in [-0.05, 0) is 12.1 Å². The molecule has 12 heavy (non-hydrogen) atoms. The Bertz CT molecular complexity index is 276. The first kappa shape index (κ1) is 8.67. The van der Waals surface area contributed by atoms with Crippen LogP contribution in [0.3, 0.4) is 0 Å². The molecule has 0 fully saturated rings. The molecule has 4 nitrogen and oxygen atoms in total. The summed E-state index contributed by atoms with van der Waals surface area (Å²) in [6, 6.07) is 5.39. The van der Waals surface area contributed by atoms with Crippen molar-refractivity contribution in [3.05, 3.63) is 18.2 Å².